The zero-order valence-electron chi connectivity index (χ0n) is 7.00. The first-order valence-electron chi connectivity index (χ1n) is 3.75. The molecule has 1 aromatic rings. The second kappa shape index (κ2) is 4.71. The lowest BCUT2D eigenvalue weighted by molar-refractivity contribution is 0.609. The third-order valence-corrected chi connectivity index (χ3v) is 3.38. The van der Waals surface area contributed by atoms with E-state index in [1.54, 1.807) is 18.2 Å². The Hall–Kier alpha value is 0.0400. The molecule has 0 bridgehead atoms. The van der Waals surface area contributed by atoms with Crippen molar-refractivity contribution in [2.75, 3.05) is 5.75 Å². The highest BCUT2D eigenvalue weighted by Crippen LogP contribution is 2.21. The summed E-state index contributed by atoms with van der Waals surface area (Å²) in [5.74, 6) is -0.144. The molecule has 0 heterocycles. The molecule has 0 fully saturated rings. The minimum atomic E-state index is -3.48. The van der Waals surface area contributed by atoms with Crippen LogP contribution in [0, 0.1) is 0 Å². The molecule has 1 aromatic carbocycles. The highest BCUT2D eigenvalue weighted by molar-refractivity contribution is 8.13. The molecule has 0 saturated heterocycles. The van der Waals surface area contributed by atoms with Crippen LogP contribution in [0.2, 0.25) is 10.0 Å². The van der Waals surface area contributed by atoms with E-state index in [-0.39, 0.29) is 12.2 Å². The zero-order chi connectivity index (χ0) is 10.8. The summed E-state index contributed by atoms with van der Waals surface area (Å²) in [6.07, 6.45) is 0.269. The predicted octanol–water partition coefficient (Wildman–Crippen LogP) is 3.10. The molecule has 0 atom stereocenters. The maximum absolute atomic E-state index is 10.7. The summed E-state index contributed by atoms with van der Waals surface area (Å²) in [6.45, 7) is 0. The summed E-state index contributed by atoms with van der Waals surface area (Å²) < 4.78 is 21.4. The molecule has 0 unspecified atom stereocenters. The van der Waals surface area contributed by atoms with Gasteiger partial charge in [0.2, 0.25) is 9.05 Å². The molecule has 0 aliphatic carbocycles. The van der Waals surface area contributed by atoms with Gasteiger partial charge in [0, 0.05) is 20.7 Å². The molecule has 0 aliphatic rings. The molecule has 0 radical (unpaired) electrons. The molecule has 0 aliphatic heterocycles. The van der Waals surface area contributed by atoms with Crippen LogP contribution in [0.1, 0.15) is 5.56 Å². The summed E-state index contributed by atoms with van der Waals surface area (Å²) in [5.41, 5.74) is 0.684. The maximum atomic E-state index is 10.7. The molecule has 0 saturated carbocycles. The second-order valence-corrected chi connectivity index (χ2v) is 6.47. The monoisotopic (exact) mass is 272 g/mol. The van der Waals surface area contributed by atoms with Gasteiger partial charge in [-0.2, -0.15) is 0 Å². The van der Waals surface area contributed by atoms with Crippen LogP contribution >= 0.6 is 33.9 Å². The number of benzene rings is 1. The Bertz CT molecular complexity index is 428. The molecule has 0 N–H and O–H groups in total. The van der Waals surface area contributed by atoms with Crippen molar-refractivity contribution in [2.45, 2.75) is 6.42 Å². The molecule has 0 aromatic heterocycles. The molecule has 78 valence electrons. The van der Waals surface area contributed by atoms with Gasteiger partial charge in [-0.1, -0.05) is 23.2 Å². The van der Waals surface area contributed by atoms with Gasteiger partial charge in [0.05, 0.1) is 5.75 Å². The van der Waals surface area contributed by atoms with E-state index in [0.717, 1.165) is 0 Å². The highest BCUT2D eigenvalue weighted by Gasteiger charge is 2.08. The Morgan fingerprint density at radius 1 is 1.21 bits per heavy atom. The molecular weight excluding hydrogens is 267 g/mol. The normalized spacial score (nSPS) is 11.6. The van der Waals surface area contributed by atoms with E-state index < -0.39 is 9.05 Å². The Morgan fingerprint density at radius 2 is 1.86 bits per heavy atom. The molecular formula is C8H7Cl3O2S. The SMILES string of the molecule is O=S(=O)(Cl)CCc1cc(Cl)ccc1Cl. The van der Waals surface area contributed by atoms with Crippen LogP contribution in [0.3, 0.4) is 0 Å². The molecule has 14 heavy (non-hydrogen) atoms. The Balaban J connectivity index is 2.81. The summed E-state index contributed by atoms with van der Waals surface area (Å²) in [5, 5.41) is 1.02. The fourth-order valence-corrected chi connectivity index (χ4v) is 2.07. The number of aryl methyl sites for hydroxylation is 1. The first kappa shape index (κ1) is 12.1. The Labute approximate surface area is 97.2 Å². The molecule has 1 rings (SSSR count). The van der Waals surface area contributed by atoms with Crippen molar-refractivity contribution in [3.63, 3.8) is 0 Å². The summed E-state index contributed by atoms with van der Waals surface area (Å²) in [6, 6.07) is 4.90. The topological polar surface area (TPSA) is 34.1 Å². The lowest BCUT2D eigenvalue weighted by Gasteiger charge is -2.02. The van der Waals surface area contributed by atoms with E-state index in [0.29, 0.717) is 15.6 Å². The molecule has 0 amide bonds. The van der Waals surface area contributed by atoms with Crippen LogP contribution in [0.15, 0.2) is 18.2 Å². The standard InChI is InChI=1S/C8H7Cl3O2S/c9-7-1-2-8(10)6(5-7)3-4-14(11,12)13/h1-2,5H,3-4H2. The number of rotatable bonds is 3. The van der Waals surface area contributed by atoms with Crippen molar-refractivity contribution < 1.29 is 8.42 Å². The van der Waals surface area contributed by atoms with Crippen LogP contribution in [0.4, 0.5) is 0 Å². The van der Waals surface area contributed by atoms with Crippen molar-refractivity contribution in [1.29, 1.82) is 0 Å². The fourth-order valence-electron chi connectivity index (χ4n) is 0.967. The molecule has 6 heteroatoms. The van der Waals surface area contributed by atoms with Crippen molar-refractivity contribution in [2.24, 2.45) is 0 Å². The van der Waals surface area contributed by atoms with Crippen molar-refractivity contribution in [1.82, 2.24) is 0 Å². The van der Waals surface area contributed by atoms with Crippen LogP contribution in [-0.4, -0.2) is 14.2 Å². The highest BCUT2D eigenvalue weighted by atomic mass is 35.7. The quantitative estimate of drug-likeness (QED) is 0.793. The van der Waals surface area contributed by atoms with E-state index in [4.69, 9.17) is 33.9 Å². The zero-order valence-corrected chi connectivity index (χ0v) is 10.1. The van der Waals surface area contributed by atoms with Crippen LogP contribution in [0.5, 0.6) is 0 Å². The largest absolute Gasteiger partial charge is 0.232 e. The van der Waals surface area contributed by atoms with Crippen molar-refractivity contribution in [3.8, 4) is 0 Å². The van der Waals surface area contributed by atoms with Gasteiger partial charge < -0.3 is 0 Å². The van der Waals surface area contributed by atoms with Crippen molar-refractivity contribution >= 4 is 42.9 Å². The van der Waals surface area contributed by atoms with Gasteiger partial charge in [-0.15, -0.1) is 0 Å². The third-order valence-electron chi connectivity index (χ3n) is 1.62. The first-order chi connectivity index (χ1) is 6.38. The summed E-state index contributed by atoms with van der Waals surface area (Å²) in [4.78, 5) is 0. The van der Waals surface area contributed by atoms with Gasteiger partial charge in [-0.3, -0.25) is 0 Å². The Morgan fingerprint density at radius 3 is 2.43 bits per heavy atom. The van der Waals surface area contributed by atoms with Gasteiger partial charge in [-0.25, -0.2) is 8.42 Å². The van der Waals surface area contributed by atoms with Gasteiger partial charge in [0.1, 0.15) is 0 Å². The van der Waals surface area contributed by atoms with E-state index in [9.17, 15) is 8.42 Å². The van der Waals surface area contributed by atoms with E-state index in [1.165, 1.54) is 0 Å². The van der Waals surface area contributed by atoms with E-state index in [1.807, 2.05) is 0 Å². The van der Waals surface area contributed by atoms with Gasteiger partial charge in [0.25, 0.3) is 0 Å². The molecule has 0 spiro atoms. The van der Waals surface area contributed by atoms with E-state index in [2.05, 4.69) is 0 Å². The minimum absolute atomic E-state index is 0.144. The summed E-state index contributed by atoms with van der Waals surface area (Å²) >= 11 is 11.6. The van der Waals surface area contributed by atoms with Crippen LogP contribution in [-0.2, 0) is 15.5 Å². The number of hydrogen-bond donors (Lipinski definition) is 0. The smallest absolute Gasteiger partial charge is 0.212 e. The number of hydrogen-bond acceptors (Lipinski definition) is 2. The lowest BCUT2D eigenvalue weighted by Crippen LogP contribution is -2.01. The van der Waals surface area contributed by atoms with Gasteiger partial charge >= 0.3 is 0 Å². The fraction of sp³-hybridized carbons (Fsp3) is 0.250. The summed E-state index contributed by atoms with van der Waals surface area (Å²) in [7, 11) is 1.59. The number of halogens is 3. The van der Waals surface area contributed by atoms with Crippen molar-refractivity contribution in [3.05, 3.63) is 33.8 Å². The lowest BCUT2D eigenvalue weighted by atomic mass is 10.2. The Kier molecular flexibility index (Phi) is 4.07. The second-order valence-electron chi connectivity index (χ2n) is 2.73. The molecule has 2 nitrogen and oxygen atoms in total. The average Bonchev–Trinajstić information content (AvgIpc) is 2.05. The maximum Gasteiger partial charge on any atom is 0.232 e. The van der Waals surface area contributed by atoms with E-state index >= 15 is 0 Å². The third kappa shape index (κ3) is 4.05. The predicted molar refractivity (Wildman–Crippen MR) is 59.8 cm³/mol. The van der Waals surface area contributed by atoms with Crippen LogP contribution < -0.4 is 0 Å². The minimum Gasteiger partial charge on any atom is -0.212 e. The van der Waals surface area contributed by atoms with Gasteiger partial charge in [-0.05, 0) is 30.2 Å². The van der Waals surface area contributed by atoms with Gasteiger partial charge in [0.15, 0.2) is 0 Å². The first-order valence-corrected chi connectivity index (χ1v) is 6.98. The van der Waals surface area contributed by atoms with Crippen LogP contribution in [0.25, 0.3) is 0 Å². The average molecular weight is 274 g/mol.